The number of aliphatic carboxylic acids is 1. The first-order chi connectivity index (χ1) is 8.33. The highest BCUT2D eigenvalue weighted by molar-refractivity contribution is 5.67. The van der Waals surface area contributed by atoms with Crippen LogP contribution >= 0.6 is 0 Å². The fourth-order valence-electron chi connectivity index (χ4n) is 2.36. The summed E-state index contributed by atoms with van der Waals surface area (Å²) in [5.41, 5.74) is 0.233. The molecule has 0 saturated heterocycles. The van der Waals surface area contributed by atoms with Crippen molar-refractivity contribution in [3.63, 3.8) is 0 Å². The SMILES string of the molecule is CC(C)C(CC(=O)O)n1nnnc1C1CC1(C)C. The summed E-state index contributed by atoms with van der Waals surface area (Å²) < 4.78 is 1.72. The largest absolute Gasteiger partial charge is 0.481 e. The zero-order valence-corrected chi connectivity index (χ0v) is 11.3. The highest BCUT2D eigenvalue weighted by Gasteiger charge is 2.50. The molecule has 1 aliphatic rings. The van der Waals surface area contributed by atoms with Crippen molar-refractivity contribution < 1.29 is 9.90 Å². The molecular weight excluding hydrogens is 232 g/mol. The summed E-state index contributed by atoms with van der Waals surface area (Å²) in [6, 6.07) is -0.177. The van der Waals surface area contributed by atoms with Gasteiger partial charge in [0.15, 0.2) is 5.82 Å². The highest BCUT2D eigenvalue weighted by atomic mass is 16.4. The lowest BCUT2D eigenvalue weighted by molar-refractivity contribution is -0.138. The molecule has 1 N–H and O–H groups in total. The summed E-state index contributed by atoms with van der Waals surface area (Å²) in [5, 5.41) is 20.8. The molecule has 6 heteroatoms. The van der Waals surface area contributed by atoms with E-state index in [0.717, 1.165) is 12.2 Å². The molecule has 0 radical (unpaired) electrons. The number of carbonyl (C=O) groups is 1. The number of carboxylic acids is 1. The molecule has 1 aromatic heterocycles. The molecule has 1 heterocycles. The Morgan fingerprint density at radius 3 is 2.61 bits per heavy atom. The first-order valence-electron chi connectivity index (χ1n) is 6.32. The van der Waals surface area contributed by atoms with Crippen molar-refractivity contribution in [2.45, 2.75) is 52.5 Å². The standard InChI is InChI=1S/C12H20N4O2/c1-7(2)9(5-10(17)18)16-11(13-14-15-16)8-6-12(8,3)4/h7-9H,5-6H2,1-4H3,(H,17,18). The van der Waals surface area contributed by atoms with Gasteiger partial charge in [-0.2, -0.15) is 0 Å². The van der Waals surface area contributed by atoms with Crippen LogP contribution in [0.2, 0.25) is 0 Å². The minimum absolute atomic E-state index is 0.0584. The minimum atomic E-state index is -0.815. The number of tetrazole rings is 1. The smallest absolute Gasteiger partial charge is 0.305 e. The molecule has 2 atom stereocenters. The van der Waals surface area contributed by atoms with E-state index in [0.29, 0.717) is 5.92 Å². The van der Waals surface area contributed by atoms with Gasteiger partial charge in [0.2, 0.25) is 0 Å². The van der Waals surface area contributed by atoms with Crippen molar-refractivity contribution in [3.8, 4) is 0 Å². The third-order valence-corrected chi connectivity index (χ3v) is 3.81. The van der Waals surface area contributed by atoms with Gasteiger partial charge in [-0.1, -0.05) is 27.7 Å². The van der Waals surface area contributed by atoms with Gasteiger partial charge < -0.3 is 5.11 Å². The quantitative estimate of drug-likeness (QED) is 0.865. The van der Waals surface area contributed by atoms with Gasteiger partial charge in [-0.15, -0.1) is 5.10 Å². The van der Waals surface area contributed by atoms with Gasteiger partial charge in [-0.3, -0.25) is 4.79 Å². The Bertz CT molecular complexity index is 453. The Morgan fingerprint density at radius 2 is 2.17 bits per heavy atom. The number of aromatic nitrogens is 4. The van der Waals surface area contributed by atoms with Gasteiger partial charge in [-0.05, 0) is 28.2 Å². The summed E-state index contributed by atoms with van der Waals surface area (Å²) in [6.45, 7) is 8.35. The zero-order chi connectivity index (χ0) is 13.5. The van der Waals surface area contributed by atoms with Crippen molar-refractivity contribution in [2.75, 3.05) is 0 Å². The summed E-state index contributed by atoms with van der Waals surface area (Å²) >= 11 is 0. The summed E-state index contributed by atoms with van der Waals surface area (Å²) in [6.07, 6.45) is 1.12. The molecule has 2 unspecified atom stereocenters. The summed E-state index contributed by atoms with van der Waals surface area (Å²) in [7, 11) is 0. The van der Waals surface area contributed by atoms with E-state index in [1.807, 2.05) is 13.8 Å². The van der Waals surface area contributed by atoms with E-state index in [4.69, 9.17) is 5.11 Å². The molecule has 1 saturated carbocycles. The van der Waals surface area contributed by atoms with Crippen molar-refractivity contribution in [1.29, 1.82) is 0 Å². The maximum atomic E-state index is 11.0. The van der Waals surface area contributed by atoms with Crippen molar-refractivity contribution >= 4 is 5.97 Å². The molecule has 1 aliphatic carbocycles. The molecule has 0 bridgehead atoms. The van der Waals surface area contributed by atoms with Crippen LogP contribution in [0.3, 0.4) is 0 Å². The number of hydrogen-bond acceptors (Lipinski definition) is 4. The fraction of sp³-hybridized carbons (Fsp3) is 0.833. The lowest BCUT2D eigenvalue weighted by atomic mass is 10.0. The summed E-state index contributed by atoms with van der Waals surface area (Å²) in [5.74, 6) is 0.554. The molecule has 1 aromatic rings. The molecular formula is C12H20N4O2. The number of nitrogens with zero attached hydrogens (tertiary/aromatic N) is 4. The Hall–Kier alpha value is -1.46. The predicted molar refractivity (Wildman–Crippen MR) is 65.1 cm³/mol. The van der Waals surface area contributed by atoms with Crippen LogP contribution in [-0.2, 0) is 4.79 Å². The van der Waals surface area contributed by atoms with Crippen LogP contribution in [0.1, 0.15) is 58.3 Å². The average molecular weight is 252 g/mol. The van der Waals surface area contributed by atoms with Crippen LogP contribution in [0, 0.1) is 11.3 Å². The molecule has 0 amide bonds. The Morgan fingerprint density at radius 1 is 1.56 bits per heavy atom. The lowest BCUT2D eigenvalue weighted by Gasteiger charge is -2.20. The molecule has 0 aliphatic heterocycles. The van der Waals surface area contributed by atoms with Gasteiger partial charge in [0.1, 0.15) is 0 Å². The first-order valence-corrected chi connectivity index (χ1v) is 6.32. The van der Waals surface area contributed by atoms with Gasteiger partial charge in [0, 0.05) is 5.92 Å². The second-order valence-electron chi connectivity index (χ2n) is 6.14. The lowest BCUT2D eigenvalue weighted by Crippen LogP contribution is -2.22. The second kappa shape index (κ2) is 4.33. The van der Waals surface area contributed by atoms with E-state index in [1.54, 1.807) is 4.68 Å². The van der Waals surface area contributed by atoms with Crippen LogP contribution in [0.4, 0.5) is 0 Å². The summed E-state index contributed by atoms with van der Waals surface area (Å²) in [4.78, 5) is 11.0. The molecule has 18 heavy (non-hydrogen) atoms. The topological polar surface area (TPSA) is 80.9 Å². The van der Waals surface area contributed by atoms with Crippen molar-refractivity contribution in [1.82, 2.24) is 20.2 Å². The maximum absolute atomic E-state index is 11.0. The number of carboxylic acid groups (broad SMARTS) is 1. The van der Waals surface area contributed by atoms with Gasteiger partial charge in [0.05, 0.1) is 12.5 Å². The van der Waals surface area contributed by atoms with E-state index in [9.17, 15) is 4.79 Å². The number of rotatable bonds is 5. The Balaban J connectivity index is 2.26. The fourth-order valence-corrected chi connectivity index (χ4v) is 2.36. The molecule has 1 fully saturated rings. The van der Waals surface area contributed by atoms with Crippen LogP contribution in [0.5, 0.6) is 0 Å². The van der Waals surface area contributed by atoms with Crippen molar-refractivity contribution in [2.24, 2.45) is 11.3 Å². The normalized spacial score (nSPS) is 23.1. The van der Waals surface area contributed by atoms with Gasteiger partial charge in [0.25, 0.3) is 0 Å². The third kappa shape index (κ3) is 2.37. The number of hydrogen-bond donors (Lipinski definition) is 1. The van der Waals surface area contributed by atoms with Crippen LogP contribution in [0.15, 0.2) is 0 Å². The van der Waals surface area contributed by atoms with Crippen LogP contribution in [-0.4, -0.2) is 31.3 Å². The van der Waals surface area contributed by atoms with E-state index in [-0.39, 0.29) is 23.8 Å². The zero-order valence-electron chi connectivity index (χ0n) is 11.3. The Kier molecular flexibility index (Phi) is 3.12. The van der Waals surface area contributed by atoms with Crippen LogP contribution in [0.25, 0.3) is 0 Å². The maximum Gasteiger partial charge on any atom is 0.305 e. The highest BCUT2D eigenvalue weighted by Crippen LogP contribution is 2.58. The van der Waals surface area contributed by atoms with E-state index in [2.05, 4.69) is 29.4 Å². The third-order valence-electron chi connectivity index (χ3n) is 3.81. The molecule has 2 rings (SSSR count). The van der Waals surface area contributed by atoms with Gasteiger partial charge >= 0.3 is 5.97 Å². The monoisotopic (exact) mass is 252 g/mol. The average Bonchev–Trinajstić information content (AvgIpc) is 2.71. The van der Waals surface area contributed by atoms with E-state index in [1.165, 1.54) is 0 Å². The predicted octanol–water partition coefficient (Wildman–Crippen LogP) is 1.86. The van der Waals surface area contributed by atoms with Crippen LogP contribution < -0.4 is 0 Å². The van der Waals surface area contributed by atoms with Gasteiger partial charge in [-0.25, -0.2) is 4.68 Å². The minimum Gasteiger partial charge on any atom is -0.481 e. The first kappa shape index (κ1) is 13.0. The second-order valence-corrected chi connectivity index (χ2v) is 6.14. The van der Waals surface area contributed by atoms with Crippen molar-refractivity contribution in [3.05, 3.63) is 5.82 Å². The Labute approximate surface area is 106 Å². The molecule has 0 aromatic carbocycles. The van der Waals surface area contributed by atoms with E-state index < -0.39 is 5.97 Å². The van der Waals surface area contributed by atoms with E-state index >= 15 is 0 Å². The molecule has 100 valence electrons. The molecule has 0 spiro atoms. The molecule has 6 nitrogen and oxygen atoms in total.